The zero-order valence-electron chi connectivity index (χ0n) is 17.9. The molecule has 2 aromatic carbocycles. The summed E-state index contributed by atoms with van der Waals surface area (Å²) in [6, 6.07) is 12.5. The maximum Gasteiger partial charge on any atom is 0.254 e. The van der Waals surface area contributed by atoms with Crippen molar-refractivity contribution in [1.29, 1.82) is 5.26 Å². The summed E-state index contributed by atoms with van der Waals surface area (Å²) >= 11 is 1.46. The third-order valence-electron chi connectivity index (χ3n) is 6.25. The van der Waals surface area contributed by atoms with Crippen molar-refractivity contribution in [3.63, 3.8) is 0 Å². The van der Waals surface area contributed by atoms with Gasteiger partial charge >= 0.3 is 0 Å². The molecule has 1 aromatic heterocycles. The van der Waals surface area contributed by atoms with Crippen LogP contribution in [0.5, 0.6) is 0 Å². The van der Waals surface area contributed by atoms with Gasteiger partial charge < -0.3 is 4.90 Å². The third kappa shape index (κ3) is 3.56. The van der Waals surface area contributed by atoms with E-state index in [-0.39, 0.29) is 19.0 Å². The van der Waals surface area contributed by atoms with Crippen LogP contribution in [0.4, 0.5) is 4.39 Å². The van der Waals surface area contributed by atoms with Crippen LogP contribution in [-0.2, 0) is 5.67 Å². The first kappa shape index (κ1) is 20.7. The van der Waals surface area contributed by atoms with Gasteiger partial charge in [0.15, 0.2) is 11.5 Å². The molecule has 32 heavy (non-hydrogen) atoms. The van der Waals surface area contributed by atoms with E-state index < -0.39 is 5.67 Å². The van der Waals surface area contributed by atoms with Crippen molar-refractivity contribution in [1.82, 2.24) is 20.1 Å². The molecule has 1 saturated heterocycles. The molecule has 6 nitrogen and oxygen atoms in total. The SMILES string of the molecule is CSc1n[nH]c(-c2cc(C(=O)N3CC(F)(c4ccc(C#N)cc4)C3)c(C)cc2C2CC2)n1. The number of thioether (sulfide) groups is 1. The monoisotopic (exact) mass is 447 g/mol. The Morgan fingerprint density at radius 3 is 2.59 bits per heavy atom. The van der Waals surface area contributed by atoms with Gasteiger partial charge in [0.05, 0.1) is 24.7 Å². The maximum atomic E-state index is 15.4. The van der Waals surface area contributed by atoms with Crippen molar-refractivity contribution in [2.45, 2.75) is 36.5 Å². The van der Waals surface area contributed by atoms with E-state index in [1.165, 1.54) is 22.2 Å². The number of alkyl halides is 1. The molecule has 2 aliphatic rings. The highest BCUT2D eigenvalue weighted by atomic mass is 32.2. The van der Waals surface area contributed by atoms with Gasteiger partial charge in [0.2, 0.25) is 5.16 Å². The minimum absolute atomic E-state index is 0.00415. The minimum atomic E-state index is -1.59. The van der Waals surface area contributed by atoms with Gasteiger partial charge in [0.25, 0.3) is 5.91 Å². The van der Waals surface area contributed by atoms with Crippen LogP contribution < -0.4 is 0 Å². The molecule has 2 heterocycles. The molecule has 1 aliphatic carbocycles. The van der Waals surface area contributed by atoms with E-state index in [2.05, 4.69) is 21.2 Å². The van der Waals surface area contributed by atoms with E-state index in [0.717, 1.165) is 24.0 Å². The van der Waals surface area contributed by atoms with E-state index in [0.29, 0.717) is 33.6 Å². The molecular weight excluding hydrogens is 425 g/mol. The van der Waals surface area contributed by atoms with Gasteiger partial charge in [-0.05, 0) is 66.8 Å². The molecule has 1 amide bonds. The van der Waals surface area contributed by atoms with E-state index in [1.54, 1.807) is 24.3 Å². The molecule has 0 atom stereocenters. The molecule has 1 aliphatic heterocycles. The number of hydrogen-bond donors (Lipinski definition) is 1. The molecule has 8 heteroatoms. The van der Waals surface area contributed by atoms with E-state index in [1.807, 2.05) is 25.3 Å². The number of carbonyl (C=O) groups excluding carboxylic acids is 1. The van der Waals surface area contributed by atoms with Gasteiger partial charge in [0, 0.05) is 11.1 Å². The number of hydrogen-bond acceptors (Lipinski definition) is 5. The lowest BCUT2D eigenvalue weighted by Gasteiger charge is -2.45. The Bertz CT molecular complexity index is 1240. The fraction of sp³-hybridized carbons (Fsp3) is 0.333. The molecule has 0 radical (unpaired) electrons. The highest BCUT2D eigenvalue weighted by molar-refractivity contribution is 7.98. The van der Waals surface area contributed by atoms with Crippen molar-refractivity contribution in [3.8, 4) is 17.5 Å². The Morgan fingerprint density at radius 1 is 1.28 bits per heavy atom. The van der Waals surface area contributed by atoms with E-state index >= 15 is 4.39 Å². The highest BCUT2D eigenvalue weighted by Crippen LogP contribution is 2.45. The molecule has 0 bridgehead atoms. The predicted molar refractivity (Wildman–Crippen MR) is 120 cm³/mol. The standard InChI is InChI=1S/C24H22FN5OS/c1-14-9-19(16-5-6-16)20(21-27-23(32-2)29-28-21)10-18(14)22(31)30-12-24(25,13-30)17-7-3-15(11-26)4-8-17/h3-4,7-10,16H,5-6,12-13H2,1-2H3,(H,27,28,29). The molecule has 2 fully saturated rings. The number of benzene rings is 2. The van der Waals surface area contributed by atoms with Gasteiger partial charge in [-0.2, -0.15) is 5.26 Å². The van der Waals surface area contributed by atoms with E-state index in [9.17, 15) is 4.79 Å². The lowest BCUT2D eigenvalue weighted by molar-refractivity contribution is -0.0231. The number of halogens is 1. The van der Waals surface area contributed by atoms with Gasteiger partial charge in [-0.15, -0.1) is 5.10 Å². The Labute approximate surface area is 189 Å². The zero-order chi connectivity index (χ0) is 22.5. The summed E-state index contributed by atoms with van der Waals surface area (Å²) < 4.78 is 15.4. The number of rotatable bonds is 5. The molecule has 0 spiro atoms. The molecule has 3 aromatic rings. The average Bonchev–Trinajstić information content (AvgIpc) is 3.53. The summed E-state index contributed by atoms with van der Waals surface area (Å²) in [5.41, 5.74) is 2.92. The number of nitrogens with zero attached hydrogens (tertiary/aromatic N) is 4. The Balaban J connectivity index is 1.41. The number of H-pyrrole nitrogens is 1. The number of carbonyl (C=O) groups is 1. The van der Waals surface area contributed by atoms with Crippen molar-refractivity contribution >= 4 is 17.7 Å². The minimum Gasteiger partial charge on any atom is -0.331 e. The van der Waals surface area contributed by atoms with Crippen LogP contribution in [0.1, 0.15) is 51.4 Å². The van der Waals surface area contributed by atoms with Crippen LogP contribution in [0.3, 0.4) is 0 Å². The normalized spacial score (nSPS) is 17.0. The predicted octanol–water partition coefficient (Wildman–Crippen LogP) is 4.57. The summed E-state index contributed by atoms with van der Waals surface area (Å²) in [5.74, 6) is 0.957. The molecule has 162 valence electrons. The van der Waals surface area contributed by atoms with Crippen molar-refractivity contribution in [2.24, 2.45) is 0 Å². The quantitative estimate of drug-likeness (QED) is 0.579. The number of aryl methyl sites for hydroxylation is 1. The fourth-order valence-electron chi connectivity index (χ4n) is 4.25. The Hall–Kier alpha value is -3.18. The average molecular weight is 448 g/mol. The first-order valence-electron chi connectivity index (χ1n) is 10.5. The van der Waals surface area contributed by atoms with Crippen LogP contribution in [0.15, 0.2) is 41.6 Å². The molecule has 0 unspecified atom stereocenters. The van der Waals surface area contributed by atoms with Crippen molar-refractivity contribution in [2.75, 3.05) is 19.3 Å². The van der Waals surface area contributed by atoms with Crippen molar-refractivity contribution in [3.05, 3.63) is 64.2 Å². The van der Waals surface area contributed by atoms with Crippen LogP contribution in [-0.4, -0.2) is 45.3 Å². The van der Waals surface area contributed by atoms with Crippen molar-refractivity contribution < 1.29 is 9.18 Å². The highest BCUT2D eigenvalue weighted by Gasteiger charge is 2.47. The third-order valence-corrected chi connectivity index (χ3v) is 6.80. The van der Waals surface area contributed by atoms with E-state index in [4.69, 9.17) is 5.26 Å². The molecule has 5 rings (SSSR count). The Kier molecular flexibility index (Phi) is 5.01. The summed E-state index contributed by atoms with van der Waals surface area (Å²) in [6.07, 6.45) is 4.18. The van der Waals surface area contributed by atoms with Gasteiger partial charge in [-0.1, -0.05) is 30.0 Å². The molecule has 1 saturated carbocycles. The molecular formula is C24H22FN5OS. The first-order chi connectivity index (χ1) is 15.4. The first-order valence-corrected chi connectivity index (χ1v) is 11.7. The number of nitrogens with one attached hydrogen (secondary N) is 1. The number of nitriles is 1. The lowest BCUT2D eigenvalue weighted by Crippen LogP contribution is -2.58. The number of likely N-dealkylation sites (tertiary alicyclic amines) is 1. The Morgan fingerprint density at radius 2 is 2.00 bits per heavy atom. The summed E-state index contributed by atoms with van der Waals surface area (Å²) in [6.45, 7) is 1.92. The summed E-state index contributed by atoms with van der Waals surface area (Å²) in [5, 5.41) is 16.8. The second kappa shape index (κ2) is 7.75. The second-order valence-corrected chi connectivity index (χ2v) is 9.29. The smallest absolute Gasteiger partial charge is 0.254 e. The van der Waals surface area contributed by atoms with Crippen LogP contribution >= 0.6 is 11.8 Å². The summed E-state index contributed by atoms with van der Waals surface area (Å²) in [4.78, 5) is 19.4. The van der Waals surface area contributed by atoms with Crippen LogP contribution in [0.25, 0.3) is 11.4 Å². The maximum absolute atomic E-state index is 15.4. The fourth-order valence-corrected chi connectivity index (χ4v) is 4.57. The lowest BCUT2D eigenvalue weighted by atomic mass is 9.86. The van der Waals surface area contributed by atoms with Gasteiger partial charge in [-0.25, -0.2) is 9.37 Å². The zero-order valence-corrected chi connectivity index (χ0v) is 18.7. The van der Waals surface area contributed by atoms with Crippen LogP contribution in [0.2, 0.25) is 0 Å². The van der Waals surface area contributed by atoms with Gasteiger partial charge in [-0.3, -0.25) is 9.89 Å². The largest absolute Gasteiger partial charge is 0.331 e. The van der Waals surface area contributed by atoms with Crippen LogP contribution in [0, 0.1) is 18.3 Å². The number of aromatic amines is 1. The number of aromatic nitrogens is 3. The number of amides is 1. The second-order valence-electron chi connectivity index (χ2n) is 8.52. The topological polar surface area (TPSA) is 85.7 Å². The molecule has 1 N–H and O–H groups in total. The van der Waals surface area contributed by atoms with Gasteiger partial charge in [0.1, 0.15) is 0 Å². The summed E-state index contributed by atoms with van der Waals surface area (Å²) in [7, 11) is 0.